The summed E-state index contributed by atoms with van der Waals surface area (Å²) in [6.07, 6.45) is 10.0. The van der Waals surface area contributed by atoms with Gasteiger partial charge < -0.3 is 5.11 Å². The Balaban J connectivity index is 1.46. The predicted molar refractivity (Wildman–Crippen MR) is 79.0 cm³/mol. The lowest BCUT2D eigenvalue weighted by Gasteiger charge is -2.57. The molecule has 1 aliphatic heterocycles. The summed E-state index contributed by atoms with van der Waals surface area (Å²) in [6.45, 7) is 8.99. The number of allylic oxidation sites excluding steroid dienone is 1. The summed E-state index contributed by atoms with van der Waals surface area (Å²) >= 11 is 0. The summed E-state index contributed by atoms with van der Waals surface area (Å²) in [4.78, 5) is 2.70. The van der Waals surface area contributed by atoms with Gasteiger partial charge in [-0.15, -0.1) is 0 Å². The highest BCUT2D eigenvalue weighted by Gasteiger charge is 2.47. The third-order valence-corrected chi connectivity index (χ3v) is 6.00. The van der Waals surface area contributed by atoms with Crippen molar-refractivity contribution in [2.24, 2.45) is 11.3 Å². The van der Waals surface area contributed by atoms with Crippen LogP contribution in [-0.4, -0.2) is 35.2 Å². The van der Waals surface area contributed by atoms with Crippen LogP contribution in [0.15, 0.2) is 12.2 Å². The van der Waals surface area contributed by atoms with Crippen molar-refractivity contribution >= 4 is 0 Å². The summed E-state index contributed by atoms with van der Waals surface area (Å²) < 4.78 is 0. The summed E-state index contributed by atoms with van der Waals surface area (Å²) in [5, 5.41) is 9.60. The summed E-state index contributed by atoms with van der Waals surface area (Å²) in [7, 11) is 0. The van der Waals surface area contributed by atoms with Crippen molar-refractivity contribution in [3.05, 3.63) is 12.2 Å². The Morgan fingerprint density at radius 2 is 1.63 bits per heavy atom. The largest absolute Gasteiger partial charge is 0.393 e. The molecule has 0 amide bonds. The fourth-order valence-electron chi connectivity index (χ4n) is 4.54. The normalized spacial score (nSPS) is 36.1. The summed E-state index contributed by atoms with van der Waals surface area (Å²) in [5.74, 6) is 0.796. The first-order valence-electron chi connectivity index (χ1n) is 8.15. The van der Waals surface area contributed by atoms with E-state index < -0.39 is 0 Å². The molecule has 0 aromatic heterocycles. The van der Waals surface area contributed by atoms with Crippen molar-refractivity contribution in [3.63, 3.8) is 0 Å². The van der Waals surface area contributed by atoms with Gasteiger partial charge in [-0.3, -0.25) is 4.90 Å². The Labute approximate surface area is 117 Å². The molecule has 3 fully saturated rings. The quantitative estimate of drug-likeness (QED) is 0.772. The van der Waals surface area contributed by atoms with E-state index in [9.17, 15) is 5.11 Å². The van der Waals surface area contributed by atoms with Gasteiger partial charge in [-0.2, -0.15) is 0 Å². The van der Waals surface area contributed by atoms with E-state index in [4.69, 9.17) is 0 Å². The standard InChI is InChI=1S/C17H29NO/c1-13(2)14-7-9-17(10-8-14)11-18(12-17)15-3-5-16(19)6-4-15/h14-16,19H,1,3-12H2,2H3. The minimum absolute atomic E-state index is 0.0162. The fourth-order valence-corrected chi connectivity index (χ4v) is 4.54. The maximum absolute atomic E-state index is 9.60. The summed E-state index contributed by atoms with van der Waals surface area (Å²) in [5.41, 5.74) is 2.05. The van der Waals surface area contributed by atoms with Crippen LogP contribution in [0.25, 0.3) is 0 Å². The third-order valence-electron chi connectivity index (χ3n) is 6.00. The Morgan fingerprint density at radius 1 is 1.05 bits per heavy atom. The molecule has 0 bridgehead atoms. The number of hydrogen-bond donors (Lipinski definition) is 1. The number of nitrogens with zero attached hydrogens (tertiary/aromatic N) is 1. The summed E-state index contributed by atoms with van der Waals surface area (Å²) in [6, 6.07) is 0.771. The van der Waals surface area contributed by atoms with E-state index in [0.717, 1.165) is 24.8 Å². The molecular weight excluding hydrogens is 234 g/mol. The molecule has 1 spiro atoms. The fraction of sp³-hybridized carbons (Fsp3) is 0.882. The van der Waals surface area contributed by atoms with Gasteiger partial charge in [-0.1, -0.05) is 12.2 Å². The highest BCUT2D eigenvalue weighted by atomic mass is 16.3. The van der Waals surface area contributed by atoms with Gasteiger partial charge >= 0.3 is 0 Å². The molecule has 2 aliphatic carbocycles. The number of aliphatic hydroxyl groups is 1. The predicted octanol–water partition coefficient (Wildman–Crippen LogP) is 3.36. The average molecular weight is 263 g/mol. The molecule has 2 nitrogen and oxygen atoms in total. The molecule has 0 radical (unpaired) electrons. The lowest BCUT2D eigenvalue weighted by atomic mass is 9.64. The van der Waals surface area contributed by atoms with Crippen molar-refractivity contribution in [2.45, 2.75) is 70.4 Å². The number of rotatable bonds is 2. The lowest BCUT2D eigenvalue weighted by molar-refractivity contribution is -0.0747. The van der Waals surface area contributed by atoms with E-state index >= 15 is 0 Å². The Kier molecular flexibility index (Phi) is 3.74. The van der Waals surface area contributed by atoms with Gasteiger partial charge in [-0.25, -0.2) is 0 Å². The van der Waals surface area contributed by atoms with Crippen molar-refractivity contribution in [2.75, 3.05) is 13.1 Å². The second kappa shape index (κ2) is 5.21. The smallest absolute Gasteiger partial charge is 0.0541 e. The molecule has 2 saturated carbocycles. The Hall–Kier alpha value is -0.340. The van der Waals surface area contributed by atoms with E-state index in [1.807, 2.05) is 0 Å². The van der Waals surface area contributed by atoms with Crippen LogP contribution in [0.1, 0.15) is 58.3 Å². The van der Waals surface area contributed by atoms with Crippen molar-refractivity contribution in [1.82, 2.24) is 4.90 Å². The Morgan fingerprint density at radius 3 is 2.16 bits per heavy atom. The van der Waals surface area contributed by atoms with Crippen LogP contribution in [0.2, 0.25) is 0 Å². The molecule has 0 unspecified atom stereocenters. The molecule has 2 heteroatoms. The highest BCUT2D eigenvalue weighted by Crippen LogP contribution is 2.48. The number of aliphatic hydroxyl groups excluding tert-OH is 1. The van der Waals surface area contributed by atoms with Crippen molar-refractivity contribution in [3.8, 4) is 0 Å². The molecule has 3 rings (SSSR count). The maximum Gasteiger partial charge on any atom is 0.0541 e. The molecule has 108 valence electrons. The molecule has 1 heterocycles. The van der Waals surface area contributed by atoms with Gasteiger partial charge in [0.15, 0.2) is 0 Å². The first kappa shape index (κ1) is 13.6. The minimum atomic E-state index is -0.0162. The van der Waals surface area contributed by atoms with Gasteiger partial charge in [0.25, 0.3) is 0 Å². The minimum Gasteiger partial charge on any atom is -0.393 e. The number of likely N-dealkylation sites (tertiary alicyclic amines) is 1. The van der Waals surface area contributed by atoms with Crippen LogP contribution in [0.4, 0.5) is 0 Å². The van der Waals surface area contributed by atoms with Crippen molar-refractivity contribution in [1.29, 1.82) is 0 Å². The van der Waals surface area contributed by atoms with Crippen molar-refractivity contribution < 1.29 is 5.11 Å². The van der Waals surface area contributed by atoms with E-state index in [-0.39, 0.29) is 6.10 Å². The second-order valence-corrected chi connectivity index (χ2v) is 7.49. The van der Waals surface area contributed by atoms with Gasteiger partial charge in [0, 0.05) is 19.1 Å². The van der Waals surface area contributed by atoms with E-state index in [1.165, 1.54) is 57.2 Å². The van der Waals surface area contributed by atoms with Crippen LogP contribution in [0.3, 0.4) is 0 Å². The number of hydrogen-bond acceptors (Lipinski definition) is 2. The van der Waals surface area contributed by atoms with Gasteiger partial charge in [0.2, 0.25) is 0 Å². The van der Waals surface area contributed by atoms with Crippen LogP contribution in [-0.2, 0) is 0 Å². The molecule has 1 saturated heterocycles. The van der Waals surface area contributed by atoms with Gasteiger partial charge in [0.05, 0.1) is 6.10 Å². The molecule has 0 aromatic carbocycles. The molecular formula is C17H29NO. The van der Waals surface area contributed by atoms with Crippen LogP contribution < -0.4 is 0 Å². The average Bonchev–Trinajstić information content (AvgIpc) is 2.37. The van der Waals surface area contributed by atoms with Gasteiger partial charge in [-0.05, 0) is 69.6 Å². The topological polar surface area (TPSA) is 23.5 Å². The zero-order valence-electron chi connectivity index (χ0n) is 12.4. The van der Waals surface area contributed by atoms with E-state index in [0.29, 0.717) is 5.41 Å². The molecule has 1 N–H and O–H groups in total. The van der Waals surface area contributed by atoms with Gasteiger partial charge in [0.1, 0.15) is 0 Å². The SMILES string of the molecule is C=C(C)C1CCC2(CC1)CN(C1CCC(O)CC1)C2. The van der Waals surface area contributed by atoms with E-state index in [1.54, 1.807) is 0 Å². The Bertz CT molecular complexity index is 327. The zero-order valence-corrected chi connectivity index (χ0v) is 12.4. The first-order valence-corrected chi connectivity index (χ1v) is 8.15. The van der Waals surface area contributed by atoms with Crippen LogP contribution in [0.5, 0.6) is 0 Å². The van der Waals surface area contributed by atoms with Crippen LogP contribution >= 0.6 is 0 Å². The molecule has 19 heavy (non-hydrogen) atoms. The van der Waals surface area contributed by atoms with E-state index in [2.05, 4.69) is 18.4 Å². The zero-order chi connectivity index (χ0) is 13.5. The van der Waals surface area contributed by atoms with Crippen LogP contribution in [0, 0.1) is 11.3 Å². The lowest BCUT2D eigenvalue weighted by Crippen LogP contribution is -2.61. The highest BCUT2D eigenvalue weighted by molar-refractivity contribution is 5.05. The molecule has 0 aromatic rings. The second-order valence-electron chi connectivity index (χ2n) is 7.49. The molecule has 3 aliphatic rings. The molecule has 0 atom stereocenters. The monoisotopic (exact) mass is 263 g/mol. The third kappa shape index (κ3) is 2.75. The maximum atomic E-state index is 9.60. The first-order chi connectivity index (χ1) is 9.08.